The van der Waals surface area contributed by atoms with Gasteiger partial charge in [0, 0.05) is 0 Å². The average Bonchev–Trinajstić information content (AvgIpc) is 3.19. The molecule has 0 rings (SSSR count). The fourth-order valence-corrected chi connectivity index (χ4v) is 7.33. The van der Waals surface area contributed by atoms with Gasteiger partial charge < -0.3 is 20.6 Å². The van der Waals surface area contributed by atoms with Crippen molar-refractivity contribution in [2.75, 3.05) is 6.61 Å². The zero-order valence-corrected chi connectivity index (χ0v) is 37.3. The Morgan fingerprint density at radius 3 is 1.25 bits per heavy atom. The summed E-state index contributed by atoms with van der Waals surface area (Å²) < 4.78 is 0. The second-order valence-corrected chi connectivity index (χ2v) is 16.7. The summed E-state index contributed by atoms with van der Waals surface area (Å²) in [4.78, 5) is 12.5. The lowest BCUT2D eigenvalue weighted by Gasteiger charge is -2.21. The predicted octanol–water partition coefficient (Wildman–Crippen LogP) is 14.5. The molecule has 56 heavy (non-hydrogen) atoms. The van der Waals surface area contributed by atoms with E-state index in [4.69, 9.17) is 0 Å². The van der Waals surface area contributed by atoms with Crippen molar-refractivity contribution in [1.29, 1.82) is 0 Å². The van der Waals surface area contributed by atoms with Gasteiger partial charge in [-0.25, -0.2) is 0 Å². The number of carbonyl (C=O) groups is 1. The predicted molar refractivity (Wildman–Crippen MR) is 245 cm³/mol. The van der Waals surface area contributed by atoms with Crippen LogP contribution in [0, 0.1) is 0 Å². The van der Waals surface area contributed by atoms with Crippen LogP contribution in [0.1, 0.15) is 245 Å². The quantitative estimate of drug-likeness (QED) is 0.0366. The SMILES string of the molecule is CCCCCCCCCCC/C=C\C/C=C\CCCCCCCCCCCC(O)CC(=O)NC(CO)C(O)/C=C/CC/C=C/CCCCCCCCCCCC. The van der Waals surface area contributed by atoms with E-state index in [9.17, 15) is 20.1 Å². The van der Waals surface area contributed by atoms with Crippen molar-refractivity contribution in [3.8, 4) is 0 Å². The van der Waals surface area contributed by atoms with Gasteiger partial charge in [0.25, 0.3) is 0 Å². The molecule has 3 atom stereocenters. The van der Waals surface area contributed by atoms with E-state index in [1.807, 2.05) is 6.08 Å². The zero-order valence-electron chi connectivity index (χ0n) is 37.3. The number of hydrogen-bond acceptors (Lipinski definition) is 4. The minimum atomic E-state index is -0.954. The van der Waals surface area contributed by atoms with Crippen molar-refractivity contribution in [2.24, 2.45) is 0 Å². The summed E-state index contributed by atoms with van der Waals surface area (Å²) in [6.07, 6.45) is 59.8. The van der Waals surface area contributed by atoms with Crippen LogP contribution in [0.3, 0.4) is 0 Å². The lowest BCUT2D eigenvalue weighted by molar-refractivity contribution is -0.124. The van der Waals surface area contributed by atoms with E-state index in [2.05, 4.69) is 55.6 Å². The highest BCUT2D eigenvalue weighted by Crippen LogP contribution is 2.15. The highest BCUT2D eigenvalue weighted by molar-refractivity contribution is 5.76. The highest BCUT2D eigenvalue weighted by atomic mass is 16.3. The Bertz CT molecular complexity index is 912. The molecule has 0 aliphatic carbocycles. The molecule has 0 aliphatic rings. The van der Waals surface area contributed by atoms with E-state index in [0.29, 0.717) is 6.42 Å². The van der Waals surface area contributed by atoms with Gasteiger partial charge in [0.15, 0.2) is 0 Å². The maximum absolute atomic E-state index is 12.5. The van der Waals surface area contributed by atoms with Gasteiger partial charge in [-0.1, -0.05) is 223 Å². The smallest absolute Gasteiger partial charge is 0.222 e. The number of rotatable bonds is 44. The first-order chi connectivity index (χ1) is 27.5. The van der Waals surface area contributed by atoms with E-state index >= 15 is 0 Å². The van der Waals surface area contributed by atoms with Gasteiger partial charge in [0.1, 0.15) is 0 Å². The van der Waals surface area contributed by atoms with Crippen LogP contribution >= 0.6 is 0 Å². The van der Waals surface area contributed by atoms with Crippen molar-refractivity contribution in [1.82, 2.24) is 5.32 Å². The molecule has 0 fully saturated rings. The van der Waals surface area contributed by atoms with Gasteiger partial charge in [-0.15, -0.1) is 0 Å². The zero-order chi connectivity index (χ0) is 40.8. The molecule has 3 unspecified atom stereocenters. The van der Waals surface area contributed by atoms with Gasteiger partial charge in [-0.05, 0) is 64.2 Å². The number of aliphatic hydroxyl groups is 3. The number of carbonyl (C=O) groups excluding carboxylic acids is 1. The van der Waals surface area contributed by atoms with Crippen LogP contribution in [0.15, 0.2) is 48.6 Å². The summed E-state index contributed by atoms with van der Waals surface area (Å²) in [6, 6.07) is -0.763. The van der Waals surface area contributed by atoms with Gasteiger partial charge >= 0.3 is 0 Å². The van der Waals surface area contributed by atoms with Crippen molar-refractivity contribution in [2.45, 2.75) is 263 Å². The molecule has 328 valence electrons. The largest absolute Gasteiger partial charge is 0.394 e. The highest BCUT2D eigenvalue weighted by Gasteiger charge is 2.20. The van der Waals surface area contributed by atoms with Crippen LogP contribution < -0.4 is 5.32 Å². The Morgan fingerprint density at radius 2 is 0.821 bits per heavy atom. The second kappa shape index (κ2) is 46.0. The van der Waals surface area contributed by atoms with Crippen LogP contribution in [0.2, 0.25) is 0 Å². The molecule has 0 spiro atoms. The summed E-state index contributed by atoms with van der Waals surface area (Å²) >= 11 is 0. The van der Waals surface area contributed by atoms with E-state index < -0.39 is 18.2 Å². The molecule has 0 saturated carbocycles. The van der Waals surface area contributed by atoms with Gasteiger partial charge in [-0.3, -0.25) is 4.79 Å². The first kappa shape index (κ1) is 54.3. The van der Waals surface area contributed by atoms with Crippen LogP contribution in [0.5, 0.6) is 0 Å². The van der Waals surface area contributed by atoms with E-state index in [0.717, 1.165) is 38.5 Å². The molecule has 0 aromatic heterocycles. The van der Waals surface area contributed by atoms with Crippen LogP contribution in [-0.4, -0.2) is 46.1 Å². The summed E-state index contributed by atoms with van der Waals surface area (Å²) in [6.45, 7) is 4.20. The monoisotopic (exact) mass is 786 g/mol. The van der Waals surface area contributed by atoms with Gasteiger partial charge in [0.2, 0.25) is 5.91 Å². The minimum Gasteiger partial charge on any atom is -0.394 e. The molecule has 0 aromatic rings. The van der Waals surface area contributed by atoms with Crippen LogP contribution in [0.4, 0.5) is 0 Å². The molecular formula is C51H95NO4. The van der Waals surface area contributed by atoms with Gasteiger partial charge in [-0.2, -0.15) is 0 Å². The standard InChI is InChI=1S/C51H95NO4/c1-3-5-7-9-11-13-15-17-19-21-22-23-24-25-26-27-28-29-30-32-34-36-38-40-42-44-48(54)46-51(56)52-49(47-53)50(55)45-43-41-39-37-35-33-31-20-18-16-14-12-10-8-6-4-2/h22-23,25-26,35,37,43,45,48-50,53-55H,3-21,24,27-34,36,38-42,44,46-47H2,1-2H3,(H,52,56)/b23-22-,26-25-,37-35+,45-43+. The Balaban J connectivity index is 3.66. The van der Waals surface area contributed by atoms with Crippen LogP contribution in [-0.2, 0) is 4.79 Å². The number of aliphatic hydroxyl groups excluding tert-OH is 3. The maximum Gasteiger partial charge on any atom is 0.222 e. The molecule has 5 heteroatoms. The van der Waals surface area contributed by atoms with E-state index in [1.54, 1.807) is 6.08 Å². The molecule has 4 N–H and O–H groups in total. The molecule has 0 radical (unpaired) electrons. The fraction of sp³-hybridized carbons (Fsp3) is 0.824. The summed E-state index contributed by atoms with van der Waals surface area (Å²) in [5.74, 6) is -0.328. The van der Waals surface area contributed by atoms with E-state index in [-0.39, 0.29) is 18.9 Å². The van der Waals surface area contributed by atoms with E-state index in [1.165, 1.54) is 180 Å². The molecule has 1 amide bonds. The molecule has 0 saturated heterocycles. The first-order valence-electron chi connectivity index (χ1n) is 24.4. The third-order valence-electron chi connectivity index (χ3n) is 11.1. The molecule has 0 aromatic carbocycles. The Morgan fingerprint density at radius 1 is 0.464 bits per heavy atom. The number of unbranched alkanes of at least 4 members (excludes halogenated alkanes) is 29. The van der Waals surface area contributed by atoms with Gasteiger partial charge in [0.05, 0.1) is 31.3 Å². The minimum absolute atomic E-state index is 0.00205. The third kappa shape index (κ3) is 41.9. The number of allylic oxidation sites excluding steroid dienone is 7. The van der Waals surface area contributed by atoms with Crippen molar-refractivity contribution < 1.29 is 20.1 Å². The summed E-state index contributed by atoms with van der Waals surface area (Å²) in [7, 11) is 0. The third-order valence-corrected chi connectivity index (χ3v) is 11.1. The molecule has 0 bridgehead atoms. The number of nitrogens with one attached hydrogen (secondary N) is 1. The summed E-state index contributed by atoms with van der Waals surface area (Å²) in [5.41, 5.74) is 0. The number of hydrogen-bond donors (Lipinski definition) is 4. The molecular weight excluding hydrogens is 691 g/mol. The Kier molecular flexibility index (Phi) is 44.6. The van der Waals surface area contributed by atoms with Crippen LogP contribution in [0.25, 0.3) is 0 Å². The number of amides is 1. The van der Waals surface area contributed by atoms with Crippen molar-refractivity contribution >= 4 is 5.91 Å². The first-order valence-corrected chi connectivity index (χ1v) is 24.4. The summed E-state index contributed by atoms with van der Waals surface area (Å²) in [5, 5.41) is 33.3. The lowest BCUT2D eigenvalue weighted by atomic mass is 10.0. The molecule has 5 nitrogen and oxygen atoms in total. The fourth-order valence-electron chi connectivity index (χ4n) is 7.33. The normalized spacial score (nSPS) is 13.9. The second-order valence-electron chi connectivity index (χ2n) is 16.7. The topological polar surface area (TPSA) is 89.8 Å². The van der Waals surface area contributed by atoms with Crippen molar-refractivity contribution in [3.63, 3.8) is 0 Å². The lowest BCUT2D eigenvalue weighted by Crippen LogP contribution is -2.45. The molecule has 0 aliphatic heterocycles. The molecule has 0 heterocycles. The van der Waals surface area contributed by atoms with Crippen molar-refractivity contribution in [3.05, 3.63) is 48.6 Å². The Hall–Kier alpha value is -1.69. The maximum atomic E-state index is 12.5. The Labute approximate surface area is 348 Å². The average molecular weight is 786 g/mol.